The minimum absolute atomic E-state index is 0.0329. The van der Waals surface area contributed by atoms with Crippen molar-refractivity contribution in [3.05, 3.63) is 16.7 Å². The van der Waals surface area contributed by atoms with Gasteiger partial charge in [0.1, 0.15) is 5.52 Å². The number of rotatable bonds is 4. The van der Waals surface area contributed by atoms with Crippen LogP contribution < -0.4 is 5.01 Å². The lowest BCUT2D eigenvalue weighted by Crippen LogP contribution is -2.44. The maximum Gasteiger partial charge on any atom is 0.313 e. The first-order chi connectivity index (χ1) is 10.1. The summed E-state index contributed by atoms with van der Waals surface area (Å²) in [5.41, 5.74) is 1.47. The average molecular weight is 373 g/mol. The van der Waals surface area contributed by atoms with Crippen molar-refractivity contribution >= 4 is 44.8 Å². The molecule has 0 aliphatic carbocycles. The van der Waals surface area contributed by atoms with Crippen LogP contribution in [0.1, 0.15) is 0 Å². The van der Waals surface area contributed by atoms with E-state index in [0.717, 1.165) is 28.7 Å². The zero-order valence-electron chi connectivity index (χ0n) is 11.0. The van der Waals surface area contributed by atoms with E-state index in [9.17, 15) is 4.79 Å². The second-order valence-electron chi connectivity index (χ2n) is 4.45. The minimum atomic E-state index is -0.866. The summed E-state index contributed by atoms with van der Waals surface area (Å²) in [6, 6.07) is 1.88. The van der Waals surface area contributed by atoms with Crippen LogP contribution in [0.25, 0.3) is 11.2 Å². The molecule has 2 aromatic heterocycles. The van der Waals surface area contributed by atoms with Gasteiger partial charge in [0.15, 0.2) is 10.8 Å². The summed E-state index contributed by atoms with van der Waals surface area (Å²) in [5, 5.41) is 11.6. The highest BCUT2D eigenvalue weighted by Gasteiger charge is 2.20. The molecule has 1 N–H and O–H groups in total. The molecule has 1 aliphatic heterocycles. The van der Waals surface area contributed by atoms with Crippen LogP contribution >= 0.6 is 27.7 Å². The van der Waals surface area contributed by atoms with E-state index >= 15 is 0 Å². The summed E-state index contributed by atoms with van der Waals surface area (Å²) in [6.45, 7) is 2.73. The lowest BCUT2D eigenvalue weighted by atomic mass is 10.4. The van der Waals surface area contributed by atoms with E-state index in [2.05, 4.69) is 30.9 Å². The molecule has 0 atom stereocenters. The zero-order valence-corrected chi connectivity index (χ0v) is 13.4. The maximum atomic E-state index is 10.8. The van der Waals surface area contributed by atoms with E-state index in [1.807, 2.05) is 10.7 Å². The molecule has 21 heavy (non-hydrogen) atoms. The number of aromatic nitrogens is 3. The molecular weight excluding hydrogens is 360 g/mol. The molecule has 1 fully saturated rings. The molecule has 1 saturated heterocycles. The van der Waals surface area contributed by atoms with Crippen molar-refractivity contribution in [3.63, 3.8) is 0 Å². The Balaban J connectivity index is 2.03. The third kappa shape index (κ3) is 3.14. The number of carboxylic acid groups (broad SMARTS) is 1. The molecule has 0 spiro atoms. The summed E-state index contributed by atoms with van der Waals surface area (Å²) in [7, 11) is 0. The normalized spacial score (nSPS) is 15.6. The van der Waals surface area contributed by atoms with Gasteiger partial charge in [0.2, 0.25) is 0 Å². The fraction of sp³-hybridized carbons (Fsp3) is 0.417. The molecule has 0 radical (unpaired) electrons. The van der Waals surface area contributed by atoms with Crippen molar-refractivity contribution in [2.45, 2.75) is 5.16 Å². The Morgan fingerprint density at radius 3 is 2.95 bits per heavy atom. The number of hydrogen-bond donors (Lipinski definition) is 1. The first-order valence-electron chi connectivity index (χ1n) is 6.37. The highest BCUT2D eigenvalue weighted by atomic mass is 79.9. The molecule has 2 aromatic rings. The average Bonchev–Trinajstić information content (AvgIpc) is 2.83. The van der Waals surface area contributed by atoms with Crippen LogP contribution in [0.3, 0.4) is 0 Å². The number of pyridine rings is 1. The number of carboxylic acids is 1. The fourth-order valence-electron chi connectivity index (χ4n) is 2.14. The molecule has 0 saturated carbocycles. The number of nitrogens with zero attached hydrogens (tertiary/aromatic N) is 4. The largest absolute Gasteiger partial charge is 0.481 e. The number of aliphatic carboxylic acids is 1. The van der Waals surface area contributed by atoms with Gasteiger partial charge in [-0.15, -0.1) is 0 Å². The zero-order chi connectivity index (χ0) is 14.8. The van der Waals surface area contributed by atoms with Crippen LogP contribution in [0.2, 0.25) is 0 Å². The predicted molar refractivity (Wildman–Crippen MR) is 82.4 cm³/mol. The van der Waals surface area contributed by atoms with Gasteiger partial charge in [-0.25, -0.2) is 14.6 Å². The third-order valence-electron chi connectivity index (χ3n) is 3.01. The Kier molecular flexibility index (Phi) is 4.32. The quantitative estimate of drug-likeness (QED) is 0.810. The number of halogens is 1. The minimum Gasteiger partial charge on any atom is -0.481 e. The molecule has 0 bridgehead atoms. The standard InChI is InChI=1S/C12H13BrN4O3S/c13-8-5-9-11(14-6-8)17(16-1-3-20-4-2-16)12(15-9)21-7-10(18)19/h5-6H,1-4,7H2,(H,18,19). The Morgan fingerprint density at radius 1 is 1.48 bits per heavy atom. The predicted octanol–water partition coefficient (Wildman–Crippen LogP) is 1.34. The molecule has 0 amide bonds. The van der Waals surface area contributed by atoms with Crippen molar-refractivity contribution in [2.24, 2.45) is 0 Å². The topological polar surface area (TPSA) is 80.5 Å². The van der Waals surface area contributed by atoms with Crippen molar-refractivity contribution in [2.75, 3.05) is 37.1 Å². The summed E-state index contributed by atoms with van der Waals surface area (Å²) < 4.78 is 8.11. The Hall–Kier alpha value is -1.32. The molecule has 3 rings (SSSR count). The van der Waals surface area contributed by atoms with Gasteiger partial charge in [-0.1, -0.05) is 11.8 Å². The summed E-state index contributed by atoms with van der Waals surface area (Å²) in [5.74, 6) is -0.899. The van der Waals surface area contributed by atoms with E-state index in [-0.39, 0.29) is 5.75 Å². The Bertz CT molecular complexity index is 672. The number of morpholine rings is 1. The van der Waals surface area contributed by atoms with Crippen molar-refractivity contribution in [1.29, 1.82) is 0 Å². The van der Waals surface area contributed by atoms with Crippen LogP contribution in [0.15, 0.2) is 21.9 Å². The van der Waals surface area contributed by atoms with Gasteiger partial charge in [-0.3, -0.25) is 4.79 Å². The van der Waals surface area contributed by atoms with Crippen molar-refractivity contribution < 1.29 is 14.6 Å². The number of hydrogen-bond acceptors (Lipinski definition) is 6. The van der Waals surface area contributed by atoms with Crippen LogP contribution in [-0.2, 0) is 9.53 Å². The van der Waals surface area contributed by atoms with E-state index in [1.165, 1.54) is 11.8 Å². The molecule has 3 heterocycles. The van der Waals surface area contributed by atoms with Crippen LogP contribution in [-0.4, -0.2) is 57.8 Å². The third-order valence-corrected chi connectivity index (χ3v) is 4.35. The van der Waals surface area contributed by atoms with Gasteiger partial charge in [-0.2, -0.15) is 0 Å². The molecule has 112 valence electrons. The number of fused-ring (bicyclic) bond motifs is 1. The van der Waals surface area contributed by atoms with Gasteiger partial charge in [0.05, 0.1) is 32.1 Å². The van der Waals surface area contributed by atoms with Gasteiger partial charge in [-0.05, 0) is 22.0 Å². The molecule has 9 heteroatoms. The number of carbonyl (C=O) groups is 1. The fourth-order valence-corrected chi connectivity index (χ4v) is 3.20. The summed E-state index contributed by atoms with van der Waals surface area (Å²) in [6.07, 6.45) is 1.71. The van der Waals surface area contributed by atoms with Crippen molar-refractivity contribution in [3.8, 4) is 0 Å². The first kappa shape index (κ1) is 14.6. The molecule has 7 nitrogen and oxygen atoms in total. The smallest absolute Gasteiger partial charge is 0.313 e. The summed E-state index contributed by atoms with van der Waals surface area (Å²) >= 11 is 4.57. The Labute approximate surface area is 133 Å². The van der Waals surface area contributed by atoms with Gasteiger partial charge in [0.25, 0.3) is 0 Å². The van der Waals surface area contributed by atoms with E-state index in [0.29, 0.717) is 18.4 Å². The second kappa shape index (κ2) is 6.20. The van der Waals surface area contributed by atoms with E-state index in [4.69, 9.17) is 9.84 Å². The maximum absolute atomic E-state index is 10.8. The molecular formula is C12H13BrN4O3S. The van der Waals surface area contributed by atoms with Crippen molar-refractivity contribution in [1.82, 2.24) is 14.6 Å². The van der Waals surface area contributed by atoms with Gasteiger partial charge in [0, 0.05) is 10.7 Å². The second-order valence-corrected chi connectivity index (χ2v) is 6.31. The van der Waals surface area contributed by atoms with Gasteiger partial charge >= 0.3 is 5.97 Å². The van der Waals surface area contributed by atoms with Crippen LogP contribution in [0.4, 0.5) is 0 Å². The lowest BCUT2D eigenvalue weighted by molar-refractivity contribution is -0.133. The molecule has 0 unspecified atom stereocenters. The SMILES string of the molecule is O=C(O)CSc1nc2cc(Br)cnc2n1N1CCOCC1. The highest BCUT2D eigenvalue weighted by Crippen LogP contribution is 2.25. The number of ether oxygens (including phenoxy) is 1. The molecule has 0 aromatic carbocycles. The van der Waals surface area contributed by atoms with E-state index in [1.54, 1.807) is 6.20 Å². The first-order valence-corrected chi connectivity index (χ1v) is 8.14. The van der Waals surface area contributed by atoms with Crippen LogP contribution in [0.5, 0.6) is 0 Å². The van der Waals surface area contributed by atoms with E-state index < -0.39 is 5.97 Å². The summed E-state index contributed by atoms with van der Waals surface area (Å²) in [4.78, 5) is 19.7. The molecule has 1 aliphatic rings. The Morgan fingerprint density at radius 2 is 2.24 bits per heavy atom. The number of thioether (sulfide) groups is 1. The van der Waals surface area contributed by atoms with Crippen LogP contribution in [0, 0.1) is 0 Å². The van der Waals surface area contributed by atoms with Gasteiger partial charge < -0.3 is 14.9 Å². The number of imidazole rings is 1. The monoisotopic (exact) mass is 372 g/mol. The highest BCUT2D eigenvalue weighted by molar-refractivity contribution is 9.10. The lowest BCUT2D eigenvalue weighted by Gasteiger charge is -2.30.